The van der Waals surface area contributed by atoms with Crippen molar-refractivity contribution >= 4 is 83.6 Å². The minimum absolute atomic E-state index is 0.572. The number of aromatic nitrogens is 3. The molecule has 6 heteroatoms. The lowest BCUT2D eigenvalue weighted by molar-refractivity contribution is 0.637. The lowest BCUT2D eigenvalue weighted by Crippen LogP contribution is -2.28. The molecule has 5 heterocycles. The van der Waals surface area contributed by atoms with Crippen molar-refractivity contribution in [1.29, 1.82) is 0 Å². The molecule has 80 heavy (non-hydrogen) atoms. The van der Waals surface area contributed by atoms with Crippen LogP contribution in [0.3, 0.4) is 0 Å². The molecule has 0 radical (unpaired) electrons. The van der Waals surface area contributed by atoms with Crippen molar-refractivity contribution in [3.05, 3.63) is 311 Å². The van der Waals surface area contributed by atoms with Crippen molar-refractivity contribution in [2.75, 3.05) is 0 Å². The highest BCUT2D eigenvalue weighted by Gasteiger charge is 2.48. The van der Waals surface area contributed by atoms with E-state index in [9.17, 15) is 0 Å². The molecule has 0 saturated heterocycles. The van der Waals surface area contributed by atoms with Crippen molar-refractivity contribution in [3.8, 4) is 33.6 Å². The highest BCUT2D eigenvalue weighted by Crippen LogP contribution is 2.61. The predicted octanol–water partition coefficient (Wildman–Crippen LogP) is 19.2. The number of hydrogen-bond donors (Lipinski definition) is 0. The summed E-state index contributed by atoms with van der Waals surface area (Å²) in [7, 11) is -1.18. The molecule has 12 aromatic carbocycles. The molecule has 5 nitrogen and oxygen atoms in total. The van der Waals surface area contributed by atoms with E-state index in [2.05, 4.69) is 274 Å². The number of benzene rings is 12. The predicted molar refractivity (Wildman–Crippen MR) is 327 cm³/mol. The quantitative estimate of drug-likeness (QED) is 0.123. The van der Waals surface area contributed by atoms with Crippen molar-refractivity contribution in [2.24, 2.45) is 0 Å². The largest absolute Gasteiger partial charge is 0.453 e. The van der Waals surface area contributed by atoms with Gasteiger partial charge in [0.25, 0.3) is 0 Å². The third kappa shape index (κ3) is 5.12. The molecule has 0 amide bonds. The van der Waals surface area contributed by atoms with Gasteiger partial charge in [0.15, 0.2) is 22.3 Å². The van der Waals surface area contributed by atoms with E-state index >= 15 is 0 Å². The Balaban J connectivity index is 0.980. The summed E-state index contributed by atoms with van der Waals surface area (Å²) in [5.74, 6) is 0. The topological polar surface area (TPSA) is 40.6 Å². The van der Waals surface area contributed by atoms with Crippen LogP contribution >= 0.6 is 7.34 Å². The van der Waals surface area contributed by atoms with Gasteiger partial charge in [-0.15, -0.1) is 0 Å². The molecule has 0 bridgehead atoms. The number of nitrogens with zero attached hydrogens (tertiary/aromatic N) is 3. The van der Waals surface area contributed by atoms with E-state index in [1.54, 1.807) is 0 Å². The van der Waals surface area contributed by atoms with Gasteiger partial charge >= 0.3 is 0 Å². The fourth-order valence-corrected chi connectivity index (χ4v) is 18.5. The number of para-hydroxylation sites is 1. The molecule has 0 fully saturated rings. The molecule has 0 saturated carbocycles. The first-order valence-corrected chi connectivity index (χ1v) is 28.9. The van der Waals surface area contributed by atoms with Crippen LogP contribution < -0.4 is 0 Å². The Hall–Kier alpha value is -10.1. The van der Waals surface area contributed by atoms with Crippen molar-refractivity contribution < 1.29 is 8.83 Å². The van der Waals surface area contributed by atoms with Gasteiger partial charge in [-0.3, -0.25) is 4.40 Å². The van der Waals surface area contributed by atoms with Crippen LogP contribution in [0.1, 0.15) is 44.5 Å². The standard InChI is InChI=1S/C74H44N3O2P/c1-5-19-45(20-6-1)73(46-21-7-2-8-22-46)55-29-15-13-27-51(55)53-37-35-49(43-57(53)73)75-59-31-17-32-60-70(59)80-71-61(75)39-41-65-68(71)77-67-63(78-65)33-18-34-64(67)79-66-42-40-62(72(80)69(66)77)76(60)50-36-38-54-52-28-14-16-30-56(52)74(58(54)44-50,47-23-9-3-10-24-47)48-25-11-4-12-26-48/h1-44H. The third-order valence-corrected chi connectivity index (χ3v) is 21.0. The molecule has 0 atom stereocenters. The first-order valence-electron chi connectivity index (χ1n) is 27.6. The van der Waals surface area contributed by atoms with Crippen LogP contribution in [0.15, 0.2) is 276 Å². The molecule has 19 rings (SSSR count). The van der Waals surface area contributed by atoms with Gasteiger partial charge in [-0.05, 0) is 140 Å². The Morgan fingerprint density at radius 3 is 1.07 bits per heavy atom. The van der Waals surface area contributed by atoms with Crippen molar-refractivity contribution in [3.63, 3.8) is 0 Å². The van der Waals surface area contributed by atoms with Crippen LogP contribution in [-0.4, -0.2) is 13.5 Å². The fourth-order valence-electron chi connectivity index (χ4n) is 15.4. The summed E-state index contributed by atoms with van der Waals surface area (Å²) in [5, 5.41) is 3.90. The Labute approximate surface area is 459 Å². The Bertz CT molecular complexity index is 5020. The number of hydrogen-bond acceptors (Lipinski definition) is 2. The minimum Gasteiger partial charge on any atom is -0.453 e. The Morgan fingerprint density at radius 2 is 0.637 bits per heavy atom. The van der Waals surface area contributed by atoms with E-state index < -0.39 is 18.2 Å². The highest BCUT2D eigenvalue weighted by molar-refractivity contribution is 7.63. The van der Waals surface area contributed by atoms with Gasteiger partial charge in [-0.1, -0.05) is 201 Å². The molecule has 372 valence electrons. The molecule has 5 aromatic heterocycles. The van der Waals surface area contributed by atoms with E-state index in [4.69, 9.17) is 8.83 Å². The summed E-state index contributed by atoms with van der Waals surface area (Å²) in [6.07, 6.45) is 0. The molecule has 0 aliphatic heterocycles. The summed E-state index contributed by atoms with van der Waals surface area (Å²) >= 11 is 0. The zero-order chi connectivity index (χ0) is 52.0. The van der Waals surface area contributed by atoms with Gasteiger partial charge in [0.2, 0.25) is 0 Å². The fraction of sp³-hybridized carbons (Fsp3) is 0.0270. The summed E-state index contributed by atoms with van der Waals surface area (Å²) < 4.78 is 21.7. The van der Waals surface area contributed by atoms with E-state index in [0.717, 1.165) is 61.3 Å². The Kier molecular flexibility index (Phi) is 8.25. The van der Waals surface area contributed by atoms with E-state index in [1.807, 2.05) is 6.07 Å². The number of fused-ring (bicyclic) bond motifs is 6. The second-order valence-electron chi connectivity index (χ2n) is 21.9. The van der Waals surface area contributed by atoms with Gasteiger partial charge in [0, 0.05) is 16.5 Å². The zero-order valence-corrected chi connectivity index (χ0v) is 43.9. The van der Waals surface area contributed by atoms with Gasteiger partial charge < -0.3 is 18.0 Å². The molecule has 0 spiro atoms. The van der Waals surface area contributed by atoms with Crippen molar-refractivity contribution in [1.82, 2.24) is 13.5 Å². The maximum Gasteiger partial charge on any atom is 0.155 e. The molecule has 2 aliphatic carbocycles. The Morgan fingerprint density at radius 1 is 0.275 bits per heavy atom. The van der Waals surface area contributed by atoms with Gasteiger partial charge in [-0.2, -0.15) is 0 Å². The smallest absolute Gasteiger partial charge is 0.155 e. The SMILES string of the molecule is c1ccc(C2(c3ccccc3)c3ccccc3-c3ccc(-n4c5cccc6c5p5c7c4ccc4oc8cccc9oc%10ccc(c5c%10n(c89)c47)n6-c4ccc5c(c4)C(c4ccccc4)(c4ccccc4)c4ccccc4-5)cc32)cc1. The molecular formula is C74H44N3O2P. The normalized spacial score (nSPS) is 14.2. The highest BCUT2D eigenvalue weighted by atomic mass is 31.1. The van der Waals surface area contributed by atoms with Gasteiger partial charge in [-0.25, -0.2) is 0 Å². The average Bonchev–Trinajstić information content (AvgIpc) is 3.68. The van der Waals surface area contributed by atoms with E-state index in [0.29, 0.717) is 0 Å². The second kappa shape index (κ2) is 15.4. The van der Waals surface area contributed by atoms with Crippen LogP contribution in [0.4, 0.5) is 0 Å². The van der Waals surface area contributed by atoms with Crippen molar-refractivity contribution in [2.45, 2.75) is 10.8 Å². The second-order valence-corrected chi connectivity index (χ2v) is 23.9. The summed E-state index contributed by atoms with van der Waals surface area (Å²) in [6.45, 7) is 0. The summed E-state index contributed by atoms with van der Waals surface area (Å²) in [4.78, 5) is 0. The third-order valence-electron chi connectivity index (χ3n) is 18.3. The van der Waals surface area contributed by atoms with E-state index in [1.165, 1.54) is 93.1 Å². The zero-order valence-electron chi connectivity index (χ0n) is 43.0. The molecule has 2 aliphatic rings. The van der Waals surface area contributed by atoms with Crippen LogP contribution in [0.25, 0.3) is 110 Å². The molecule has 0 unspecified atom stereocenters. The molecule has 0 N–H and O–H groups in total. The van der Waals surface area contributed by atoms with Crippen LogP contribution in [0, 0.1) is 0 Å². The maximum atomic E-state index is 7.03. The van der Waals surface area contributed by atoms with E-state index in [-0.39, 0.29) is 0 Å². The lowest BCUT2D eigenvalue weighted by Gasteiger charge is -2.34. The molecule has 17 aromatic rings. The minimum atomic E-state index is -1.18. The maximum absolute atomic E-state index is 7.03. The molecular weight excluding hydrogens is 994 g/mol. The lowest BCUT2D eigenvalue weighted by atomic mass is 9.67. The first-order chi connectivity index (χ1) is 39.7. The summed E-state index contributed by atoms with van der Waals surface area (Å²) in [6, 6.07) is 99.5. The number of rotatable bonds is 6. The first kappa shape index (κ1) is 43.0. The van der Waals surface area contributed by atoms with Crippen LogP contribution in [0.2, 0.25) is 0 Å². The van der Waals surface area contributed by atoms with Crippen LogP contribution in [0.5, 0.6) is 0 Å². The van der Waals surface area contributed by atoms with Gasteiger partial charge in [0.1, 0.15) is 16.6 Å². The average molecular weight is 1040 g/mol. The van der Waals surface area contributed by atoms with Gasteiger partial charge in [0.05, 0.1) is 43.1 Å². The summed E-state index contributed by atoms with van der Waals surface area (Å²) in [5.41, 5.74) is 27.3. The monoisotopic (exact) mass is 1040 g/mol. The van der Waals surface area contributed by atoms with Crippen LogP contribution in [-0.2, 0) is 10.8 Å².